The summed E-state index contributed by atoms with van der Waals surface area (Å²) in [5.74, 6) is 0.176. The van der Waals surface area contributed by atoms with Crippen LogP contribution in [-0.2, 0) is 4.79 Å². The average molecular weight is 452 g/mol. The van der Waals surface area contributed by atoms with E-state index in [1.165, 1.54) is 12.1 Å². The molecule has 1 aromatic heterocycles. The van der Waals surface area contributed by atoms with Crippen molar-refractivity contribution in [3.63, 3.8) is 0 Å². The second-order valence-electron chi connectivity index (χ2n) is 8.50. The normalized spacial score (nSPS) is 20.0. The number of para-hydroxylation sites is 2. The number of oxazole rings is 1. The molecule has 1 aliphatic carbocycles. The Morgan fingerprint density at radius 2 is 1.68 bits per heavy atom. The van der Waals surface area contributed by atoms with E-state index in [0.717, 1.165) is 22.3 Å². The molecule has 0 fully saturated rings. The molecule has 3 aromatic carbocycles. The van der Waals surface area contributed by atoms with E-state index in [4.69, 9.17) is 9.41 Å². The molecule has 6 nitrogen and oxygen atoms in total. The molecule has 2 heterocycles. The summed E-state index contributed by atoms with van der Waals surface area (Å²) in [7, 11) is 0. The summed E-state index contributed by atoms with van der Waals surface area (Å²) in [5, 5.41) is 6.46. The van der Waals surface area contributed by atoms with Crippen LogP contribution in [0.4, 0.5) is 10.4 Å². The molecular weight excluding hydrogens is 431 g/mol. The van der Waals surface area contributed by atoms with Crippen LogP contribution >= 0.6 is 0 Å². The Morgan fingerprint density at radius 3 is 2.47 bits per heavy atom. The number of hydrogen-bond donors (Lipinski definition) is 2. The monoisotopic (exact) mass is 452 g/mol. The maximum atomic E-state index is 13.4. The van der Waals surface area contributed by atoms with Crippen LogP contribution in [0.5, 0.6) is 0 Å². The second-order valence-corrected chi connectivity index (χ2v) is 8.50. The van der Waals surface area contributed by atoms with Gasteiger partial charge in [0.1, 0.15) is 17.4 Å². The highest BCUT2D eigenvalue weighted by molar-refractivity contribution is 6.03. The van der Waals surface area contributed by atoms with Crippen LogP contribution in [0.1, 0.15) is 35.9 Å². The van der Waals surface area contributed by atoms with E-state index in [1.807, 2.05) is 54.6 Å². The lowest BCUT2D eigenvalue weighted by Crippen LogP contribution is -2.39. The first-order valence-corrected chi connectivity index (χ1v) is 11.2. The third kappa shape index (κ3) is 3.75. The smallest absolute Gasteiger partial charge is 0.302 e. The molecule has 168 valence electrons. The molecule has 6 rings (SSSR count). The van der Waals surface area contributed by atoms with Crippen LogP contribution in [0, 0.1) is 5.82 Å². The molecule has 0 unspecified atom stereocenters. The highest BCUT2D eigenvalue weighted by Gasteiger charge is 2.37. The van der Waals surface area contributed by atoms with Gasteiger partial charge in [0.05, 0.1) is 0 Å². The van der Waals surface area contributed by atoms with Crippen LogP contribution in [0.15, 0.2) is 99.5 Å². The summed E-state index contributed by atoms with van der Waals surface area (Å²) >= 11 is 0. The number of nitrogens with one attached hydrogen (secondary N) is 2. The predicted octanol–water partition coefficient (Wildman–Crippen LogP) is 5.48. The van der Waals surface area contributed by atoms with Crippen molar-refractivity contribution in [2.45, 2.75) is 24.8 Å². The van der Waals surface area contributed by atoms with E-state index in [1.54, 1.807) is 12.1 Å². The van der Waals surface area contributed by atoms with Gasteiger partial charge in [-0.2, -0.15) is 4.98 Å². The summed E-state index contributed by atoms with van der Waals surface area (Å²) < 4.78 is 19.3. The fraction of sp³-hybridized carbons (Fsp3) is 0.148. The van der Waals surface area contributed by atoms with E-state index >= 15 is 0 Å². The van der Waals surface area contributed by atoms with Gasteiger partial charge >= 0.3 is 6.01 Å². The number of fused-ring (bicyclic) bond motifs is 1. The molecular formula is C27H21FN4O2. The number of rotatable bonds is 3. The molecule has 7 heteroatoms. The first kappa shape index (κ1) is 20.4. The number of allylic oxidation sites excluding steroid dienone is 1. The van der Waals surface area contributed by atoms with Crippen molar-refractivity contribution in [1.82, 2.24) is 10.3 Å². The minimum Gasteiger partial charge on any atom is -0.423 e. The molecule has 1 aliphatic heterocycles. The molecule has 0 spiro atoms. The van der Waals surface area contributed by atoms with Crippen LogP contribution in [0.25, 0.3) is 11.1 Å². The minimum atomic E-state index is -0.439. The van der Waals surface area contributed by atoms with Crippen LogP contribution < -0.4 is 10.6 Å². The largest absolute Gasteiger partial charge is 0.423 e. The Hall–Kier alpha value is -4.26. The third-order valence-electron chi connectivity index (χ3n) is 6.28. The van der Waals surface area contributed by atoms with Gasteiger partial charge in [-0.25, -0.2) is 9.38 Å². The molecule has 4 aromatic rings. The number of ketones is 1. The van der Waals surface area contributed by atoms with E-state index < -0.39 is 6.04 Å². The molecule has 34 heavy (non-hydrogen) atoms. The van der Waals surface area contributed by atoms with E-state index in [9.17, 15) is 9.18 Å². The van der Waals surface area contributed by atoms with Crippen molar-refractivity contribution in [2.75, 3.05) is 5.32 Å². The Bertz CT molecular complexity index is 1410. The number of benzene rings is 3. The van der Waals surface area contributed by atoms with Crippen molar-refractivity contribution in [1.29, 1.82) is 0 Å². The molecule has 0 saturated carbocycles. The van der Waals surface area contributed by atoms with Gasteiger partial charge in [0.15, 0.2) is 11.4 Å². The van der Waals surface area contributed by atoms with Crippen molar-refractivity contribution in [3.05, 3.63) is 107 Å². The zero-order chi connectivity index (χ0) is 23.1. The van der Waals surface area contributed by atoms with Crippen LogP contribution in [0.3, 0.4) is 0 Å². The van der Waals surface area contributed by atoms with Gasteiger partial charge < -0.3 is 9.73 Å². The Kier molecular flexibility index (Phi) is 4.95. The van der Waals surface area contributed by atoms with E-state index in [2.05, 4.69) is 15.6 Å². The quantitative estimate of drug-likeness (QED) is 0.430. The number of halogens is 1. The first-order chi connectivity index (χ1) is 16.6. The average Bonchev–Trinajstić information content (AvgIpc) is 3.26. The van der Waals surface area contributed by atoms with Gasteiger partial charge in [-0.3, -0.25) is 10.1 Å². The highest BCUT2D eigenvalue weighted by atomic mass is 19.1. The summed E-state index contributed by atoms with van der Waals surface area (Å²) in [6.07, 6.45) is 0.975. The van der Waals surface area contributed by atoms with Crippen LogP contribution in [0.2, 0.25) is 0 Å². The SMILES string of the molecule is O=C1C[C@@H](c2ccc(F)cc2)CC2=C1[C@H](c1ccccc1)N=C(Nc1nc3ccccc3o1)N2. The molecule has 2 aliphatic rings. The van der Waals surface area contributed by atoms with Crippen molar-refractivity contribution < 1.29 is 13.6 Å². The van der Waals surface area contributed by atoms with E-state index in [-0.39, 0.29) is 17.5 Å². The fourth-order valence-electron chi connectivity index (χ4n) is 4.67. The number of aromatic nitrogens is 1. The zero-order valence-electron chi connectivity index (χ0n) is 18.2. The minimum absolute atomic E-state index is 0.0422. The number of guanidine groups is 1. The fourth-order valence-corrected chi connectivity index (χ4v) is 4.67. The molecule has 0 radical (unpaired) electrons. The summed E-state index contributed by atoms with van der Waals surface area (Å²) in [6, 6.07) is 23.5. The maximum Gasteiger partial charge on any atom is 0.302 e. The lowest BCUT2D eigenvalue weighted by molar-refractivity contribution is -0.116. The number of hydrogen-bond acceptors (Lipinski definition) is 6. The topological polar surface area (TPSA) is 79.5 Å². The molecule has 0 bridgehead atoms. The van der Waals surface area contributed by atoms with Crippen molar-refractivity contribution >= 4 is 28.9 Å². The summed E-state index contributed by atoms with van der Waals surface area (Å²) in [4.78, 5) is 22.7. The molecule has 2 atom stereocenters. The number of carbonyl (C=O) groups excluding carboxylic acids is 1. The lowest BCUT2D eigenvalue weighted by atomic mass is 9.78. The van der Waals surface area contributed by atoms with Gasteiger partial charge in [-0.1, -0.05) is 54.6 Å². The Balaban J connectivity index is 1.36. The van der Waals surface area contributed by atoms with Crippen molar-refractivity contribution in [2.24, 2.45) is 4.99 Å². The van der Waals surface area contributed by atoms with Gasteiger partial charge in [-0.15, -0.1) is 0 Å². The van der Waals surface area contributed by atoms with E-state index in [0.29, 0.717) is 36.0 Å². The highest BCUT2D eigenvalue weighted by Crippen LogP contribution is 2.41. The Morgan fingerprint density at radius 1 is 0.912 bits per heavy atom. The van der Waals surface area contributed by atoms with Gasteiger partial charge in [0.25, 0.3) is 0 Å². The number of anilines is 1. The maximum absolute atomic E-state index is 13.4. The lowest BCUT2D eigenvalue weighted by Gasteiger charge is -2.33. The Labute approximate surface area is 195 Å². The van der Waals surface area contributed by atoms with Crippen LogP contribution in [-0.4, -0.2) is 16.7 Å². The second kappa shape index (κ2) is 8.26. The molecule has 0 saturated heterocycles. The third-order valence-corrected chi connectivity index (χ3v) is 6.28. The number of aliphatic imine (C=N–C) groups is 1. The zero-order valence-corrected chi connectivity index (χ0v) is 18.2. The van der Waals surface area contributed by atoms with Gasteiger partial charge in [-0.05, 0) is 47.7 Å². The summed E-state index contributed by atoms with van der Waals surface area (Å²) in [5.41, 5.74) is 4.77. The standard InChI is InChI=1S/C27H21FN4O2/c28-19-12-10-16(11-13-19)18-14-21-24(22(33)15-18)25(17-6-2-1-3-7-17)31-26(29-21)32-27-30-20-8-4-5-9-23(20)34-27/h1-13,18,25H,14-15H2,(H2,29,30,31,32)/t18-,25-/m0/s1. The number of carbonyl (C=O) groups is 1. The number of Topliss-reactive ketones (excluding diaryl/α,β-unsaturated/α-hetero) is 1. The number of nitrogens with zero attached hydrogens (tertiary/aromatic N) is 2. The van der Waals surface area contributed by atoms with Crippen molar-refractivity contribution in [3.8, 4) is 0 Å². The first-order valence-electron chi connectivity index (χ1n) is 11.2. The predicted molar refractivity (Wildman–Crippen MR) is 128 cm³/mol. The van der Waals surface area contributed by atoms with Gasteiger partial charge in [0, 0.05) is 17.7 Å². The van der Waals surface area contributed by atoms with Gasteiger partial charge in [0.2, 0.25) is 5.96 Å². The molecule has 0 amide bonds. The summed E-state index contributed by atoms with van der Waals surface area (Å²) in [6.45, 7) is 0. The molecule has 2 N–H and O–H groups in total.